The van der Waals surface area contributed by atoms with Crippen LogP contribution in [0.4, 0.5) is 0 Å². The van der Waals surface area contributed by atoms with Crippen LogP contribution in [0.25, 0.3) is 0 Å². The molecule has 0 bridgehead atoms. The Balaban J connectivity index is 1.52. The standard InChI is InChI=1S/C23H28N2O4/c1-23(22(27)24-15-18-9-11-19(28-2)12-10-18)13-6-14-25(17-23)21(26)16-29-20-7-4-3-5-8-20/h3-5,7-12H,6,13-17H2,1-2H3,(H,24,27)/t23-/m0/s1. The first-order valence-corrected chi connectivity index (χ1v) is 9.87. The summed E-state index contributed by atoms with van der Waals surface area (Å²) in [7, 11) is 1.62. The molecule has 1 aliphatic rings. The lowest BCUT2D eigenvalue weighted by molar-refractivity contribution is -0.142. The smallest absolute Gasteiger partial charge is 0.260 e. The van der Waals surface area contributed by atoms with Crippen molar-refractivity contribution >= 4 is 11.8 Å². The van der Waals surface area contributed by atoms with Gasteiger partial charge in [0.1, 0.15) is 11.5 Å². The van der Waals surface area contributed by atoms with Crippen LogP contribution in [0.3, 0.4) is 0 Å². The lowest BCUT2D eigenvalue weighted by Crippen LogP contribution is -2.52. The third-order valence-corrected chi connectivity index (χ3v) is 5.31. The fourth-order valence-corrected chi connectivity index (χ4v) is 3.53. The molecule has 1 N–H and O–H groups in total. The lowest BCUT2D eigenvalue weighted by Gasteiger charge is -2.39. The van der Waals surface area contributed by atoms with Gasteiger partial charge in [-0.15, -0.1) is 0 Å². The first kappa shape index (κ1) is 20.7. The summed E-state index contributed by atoms with van der Waals surface area (Å²) in [6.07, 6.45) is 1.55. The Bertz CT molecular complexity index is 823. The Kier molecular flexibility index (Phi) is 6.75. The van der Waals surface area contributed by atoms with Gasteiger partial charge in [0.15, 0.2) is 6.61 Å². The number of rotatable bonds is 7. The number of hydrogen-bond donors (Lipinski definition) is 1. The Hall–Kier alpha value is -3.02. The van der Waals surface area contributed by atoms with Gasteiger partial charge in [-0.2, -0.15) is 0 Å². The molecule has 0 unspecified atom stereocenters. The zero-order valence-electron chi connectivity index (χ0n) is 17.0. The Morgan fingerprint density at radius 2 is 1.79 bits per heavy atom. The fourth-order valence-electron chi connectivity index (χ4n) is 3.53. The number of carbonyl (C=O) groups is 2. The number of hydrogen-bond acceptors (Lipinski definition) is 4. The minimum absolute atomic E-state index is 0.0203. The number of benzene rings is 2. The average molecular weight is 396 g/mol. The van der Waals surface area contributed by atoms with Crippen LogP contribution in [0.15, 0.2) is 54.6 Å². The SMILES string of the molecule is COc1ccc(CNC(=O)[C@@]2(C)CCCN(C(=O)COc3ccccc3)C2)cc1. The van der Waals surface area contributed by atoms with Crippen molar-refractivity contribution in [1.82, 2.24) is 10.2 Å². The molecule has 1 saturated heterocycles. The topological polar surface area (TPSA) is 67.9 Å². The van der Waals surface area contributed by atoms with Crippen molar-refractivity contribution in [3.8, 4) is 11.5 Å². The van der Waals surface area contributed by atoms with Gasteiger partial charge in [-0.1, -0.05) is 30.3 Å². The zero-order chi connectivity index (χ0) is 20.7. The van der Waals surface area contributed by atoms with Gasteiger partial charge in [-0.25, -0.2) is 0 Å². The van der Waals surface area contributed by atoms with E-state index in [1.54, 1.807) is 12.0 Å². The highest BCUT2D eigenvalue weighted by molar-refractivity contribution is 5.84. The summed E-state index contributed by atoms with van der Waals surface area (Å²) in [5.74, 6) is 1.32. The minimum Gasteiger partial charge on any atom is -0.497 e. The summed E-state index contributed by atoms with van der Waals surface area (Å²) in [5, 5.41) is 3.02. The van der Waals surface area contributed by atoms with Gasteiger partial charge in [0, 0.05) is 19.6 Å². The van der Waals surface area contributed by atoms with Crippen molar-refractivity contribution in [1.29, 1.82) is 0 Å². The first-order valence-electron chi connectivity index (χ1n) is 9.87. The molecule has 1 atom stereocenters. The van der Waals surface area contributed by atoms with Crippen molar-refractivity contribution in [2.45, 2.75) is 26.3 Å². The molecule has 3 rings (SSSR count). The normalized spacial score (nSPS) is 18.8. The van der Waals surface area contributed by atoms with Crippen LogP contribution >= 0.6 is 0 Å². The number of nitrogens with zero attached hydrogens (tertiary/aromatic N) is 1. The maximum absolute atomic E-state index is 12.9. The van der Waals surface area contributed by atoms with Crippen molar-refractivity contribution in [2.24, 2.45) is 5.41 Å². The largest absolute Gasteiger partial charge is 0.497 e. The molecule has 6 nitrogen and oxygen atoms in total. The van der Waals surface area contributed by atoms with Gasteiger partial charge >= 0.3 is 0 Å². The second-order valence-corrected chi connectivity index (χ2v) is 7.61. The van der Waals surface area contributed by atoms with Gasteiger partial charge in [-0.3, -0.25) is 9.59 Å². The van der Waals surface area contributed by atoms with Crippen molar-refractivity contribution in [2.75, 3.05) is 26.8 Å². The quantitative estimate of drug-likeness (QED) is 0.781. The van der Waals surface area contributed by atoms with Gasteiger partial charge in [0.2, 0.25) is 5.91 Å². The van der Waals surface area contributed by atoms with Gasteiger partial charge < -0.3 is 19.7 Å². The molecule has 1 aliphatic heterocycles. The molecule has 2 aromatic rings. The maximum atomic E-state index is 12.9. The Labute approximate surface area is 171 Å². The summed E-state index contributed by atoms with van der Waals surface area (Å²) in [5.41, 5.74) is 0.399. The molecule has 0 spiro atoms. The van der Waals surface area contributed by atoms with Gasteiger partial charge in [-0.05, 0) is 49.6 Å². The van der Waals surface area contributed by atoms with E-state index in [1.165, 1.54) is 0 Å². The number of likely N-dealkylation sites (tertiary alicyclic amines) is 1. The highest BCUT2D eigenvalue weighted by atomic mass is 16.5. The van der Waals surface area contributed by atoms with E-state index in [-0.39, 0.29) is 18.4 Å². The van der Waals surface area contributed by atoms with E-state index in [4.69, 9.17) is 9.47 Å². The number of para-hydroxylation sites is 1. The van der Waals surface area contributed by atoms with Crippen LogP contribution in [0, 0.1) is 5.41 Å². The van der Waals surface area contributed by atoms with Gasteiger partial charge in [0.25, 0.3) is 5.91 Å². The minimum atomic E-state index is -0.604. The summed E-state index contributed by atoms with van der Waals surface area (Å²) >= 11 is 0. The number of carbonyl (C=O) groups excluding carboxylic acids is 2. The summed E-state index contributed by atoms with van der Waals surface area (Å²) in [6, 6.07) is 16.9. The van der Waals surface area contributed by atoms with E-state index in [1.807, 2.05) is 61.5 Å². The van der Waals surface area contributed by atoms with Crippen molar-refractivity contribution < 1.29 is 19.1 Å². The summed E-state index contributed by atoms with van der Waals surface area (Å²) in [6.45, 7) is 3.40. The fraction of sp³-hybridized carbons (Fsp3) is 0.391. The number of methoxy groups -OCH3 is 1. The van der Waals surface area contributed by atoms with E-state index in [2.05, 4.69) is 5.32 Å². The molecule has 6 heteroatoms. The molecule has 2 amide bonds. The van der Waals surface area contributed by atoms with Gasteiger partial charge in [0.05, 0.1) is 12.5 Å². The maximum Gasteiger partial charge on any atom is 0.260 e. The summed E-state index contributed by atoms with van der Waals surface area (Å²) in [4.78, 5) is 27.2. The van der Waals surface area contributed by atoms with Crippen LogP contribution in [-0.4, -0.2) is 43.5 Å². The highest BCUT2D eigenvalue weighted by Gasteiger charge is 2.39. The Morgan fingerprint density at radius 1 is 1.07 bits per heavy atom. The van der Waals surface area contributed by atoms with E-state index in [9.17, 15) is 9.59 Å². The predicted octanol–water partition coefficient (Wildman–Crippen LogP) is 3.02. The number of nitrogens with one attached hydrogen (secondary N) is 1. The van der Waals surface area contributed by atoms with Crippen LogP contribution in [-0.2, 0) is 16.1 Å². The molecule has 0 aliphatic carbocycles. The van der Waals surface area contributed by atoms with E-state index in [0.717, 1.165) is 24.2 Å². The van der Waals surface area contributed by atoms with Crippen LogP contribution in [0.5, 0.6) is 11.5 Å². The molecule has 0 saturated carbocycles. The monoisotopic (exact) mass is 396 g/mol. The van der Waals surface area contributed by atoms with Crippen LogP contribution in [0.1, 0.15) is 25.3 Å². The molecular weight excluding hydrogens is 368 g/mol. The van der Waals surface area contributed by atoms with Crippen LogP contribution in [0.2, 0.25) is 0 Å². The lowest BCUT2D eigenvalue weighted by atomic mass is 9.81. The Morgan fingerprint density at radius 3 is 2.48 bits per heavy atom. The average Bonchev–Trinajstić information content (AvgIpc) is 2.76. The zero-order valence-corrected chi connectivity index (χ0v) is 17.0. The van der Waals surface area contributed by atoms with E-state index in [0.29, 0.717) is 25.4 Å². The number of piperidine rings is 1. The molecule has 0 radical (unpaired) electrons. The number of amides is 2. The molecule has 2 aromatic carbocycles. The molecular formula is C23H28N2O4. The second kappa shape index (κ2) is 9.45. The molecule has 1 fully saturated rings. The molecule has 1 heterocycles. The molecule has 29 heavy (non-hydrogen) atoms. The van der Waals surface area contributed by atoms with Crippen molar-refractivity contribution in [3.05, 3.63) is 60.2 Å². The third kappa shape index (κ3) is 5.50. The van der Waals surface area contributed by atoms with Crippen LogP contribution < -0.4 is 14.8 Å². The predicted molar refractivity (Wildman–Crippen MR) is 111 cm³/mol. The van der Waals surface area contributed by atoms with E-state index < -0.39 is 5.41 Å². The highest BCUT2D eigenvalue weighted by Crippen LogP contribution is 2.30. The number of ether oxygens (including phenoxy) is 2. The second-order valence-electron chi connectivity index (χ2n) is 7.61. The third-order valence-electron chi connectivity index (χ3n) is 5.31. The van der Waals surface area contributed by atoms with E-state index >= 15 is 0 Å². The molecule has 154 valence electrons. The summed E-state index contributed by atoms with van der Waals surface area (Å²) < 4.78 is 10.7. The van der Waals surface area contributed by atoms with Crippen molar-refractivity contribution in [3.63, 3.8) is 0 Å². The molecule has 0 aromatic heterocycles. The first-order chi connectivity index (χ1) is 14.0.